The van der Waals surface area contributed by atoms with E-state index in [-0.39, 0.29) is 11.7 Å². The standard InChI is InChI=1S/C26H23ClN2O3/c1-18(2)32-25-13-8-20(15-24(25)27)14-21(16-28)26(30)29-22-9-11-23(12-10-22)31-17-19-6-4-3-5-7-19/h3-15,18H,17H2,1-2H3,(H,29,30)/b21-14+. The summed E-state index contributed by atoms with van der Waals surface area (Å²) >= 11 is 6.24. The zero-order valence-electron chi connectivity index (χ0n) is 17.8. The second-order valence-electron chi connectivity index (χ2n) is 7.28. The fourth-order valence-corrected chi connectivity index (χ4v) is 3.08. The topological polar surface area (TPSA) is 71.3 Å². The Kier molecular flexibility index (Phi) is 7.91. The molecule has 6 heteroatoms. The Morgan fingerprint density at radius 2 is 1.81 bits per heavy atom. The molecule has 0 fully saturated rings. The summed E-state index contributed by atoms with van der Waals surface area (Å²) in [4.78, 5) is 12.6. The molecule has 0 heterocycles. The van der Waals surface area contributed by atoms with Crippen molar-refractivity contribution in [3.05, 3.63) is 94.5 Å². The third-order valence-electron chi connectivity index (χ3n) is 4.36. The molecule has 0 saturated carbocycles. The predicted octanol–water partition coefficient (Wildman–Crippen LogP) is 6.25. The van der Waals surface area contributed by atoms with Gasteiger partial charge in [0.2, 0.25) is 0 Å². The van der Waals surface area contributed by atoms with Crippen LogP contribution in [-0.2, 0) is 11.4 Å². The molecule has 0 atom stereocenters. The van der Waals surface area contributed by atoms with Crippen molar-refractivity contribution in [2.45, 2.75) is 26.6 Å². The minimum Gasteiger partial charge on any atom is -0.489 e. The first kappa shape index (κ1) is 22.9. The molecular formula is C26H23ClN2O3. The summed E-state index contributed by atoms with van der Waals surface area (Å²) in [6.07, 6.45) is 1.47. The second-order valence-corrected chi connectivity index (χ2v) is 7.69. The van der Waals surface area contributed by atoms with Gasteiger partial charge in [0.15, 0.2) is 0 Å². The molecule has 0 radical (unpaired) electrons. The Hall–Kier alpha value is -3.75. The summed E-state index contributed by atoms with van der Waals surface area (Å²) in [5, 5.41) is 12.6. The van der Waals surface area contributed by atoms with Crippen LogP contribution in [0.15, 0.2) is 78.4 Å². The van der Waals surface area contributed by atoms with Crippen LogP contribution in [0.5, 0.6) is 11.5 Å². The smallest absolute Gasteiger partial charge is 0.266 e. The molecule has 1 amide bonds. The zero-order valence-corrected chi connectivity index (χ0v) is 18.6. The van der Waals surface area contributed by atoms with Crippen LogP contribution in [0.1, 0.15) is 25.0 Å². The highest BCUT2D eigenvalue weighted by atomic mass is 35.5. The van der Waals surface area contributed by atoms with E-state index in [0.29, 0.717) is 34.4 Å². The first-order chi connectivity index (χ1) is 15.4. The van der Waals surface area contributed by atoms with Crippen molar-refractivity contribution in [3.8, 4) is 17.6 Å². The molecule has 0 spiro atoms. The molecule has 0 aliphatic rings. The summed E-state index contributed by atoms with van der Waals surface area (Å²) in [6, 6.07) is 23.9. The number of amides is 1. The number of hydrogen-bond acceptors (Lipinski definition) is 4. The van der Waals surface area contributed by atoms with Crippen LogP contribution in [-0.4, -0.2) is 12.0 Å². The molecule has 0 aliphatic heterocycles. The van der Waals surface area contributed by atoms with Gasteiger partial charge in [0.05, 0.1) is 11.1 Å². The number of nitrogens with one attached hydrogen (secondary N) is 1. The summed E-state index contributed by atoms with van der Waals surface area (Å²) in [5.41, 5.74) is 2.21. The van der Waals surface area contributed by atoms with Crippen LogP contribution in [0.3, 0.4) is 0 Å². The number of carbonyl (C=O) groups is 1. The van der Waals surface area contributed by atoms with Crippen molar-refractivity contribution in [3.63, 3.8) is 0 Å². The number of hydrogen-bond donors (Lipinski definition) is 1. The van der Waals surface area contributed by atoms with Gasteiger partial charge in [-0.25, -0.2) is 0 Å². The first-order valence-electron chi connectivity index (χ1n) is 10.1. The molecule has 3 rings (SSSR count). The third-order valence-corrected chi connectivity index (χ3v) is 4.65. The van der Waals surface area contributed by atoms with Gasteiger partial charge in [-0.3, -0.25) is 4.79 Å². The zero-order chi connectivity index (χ0) is 22.9. The Morgan fingerprint density at radius 1 is 1.09 bits per heavy atom. The molecule has 0 aromatic heterocycles. The van der Waals surface area contributed by atoms with E-state index in [0.717, 1.165) is 5.56 Å². The normalized spacial score (nSPS) is 11.0. The van der Waals surface area contributed by atoms with Crippen LogP contribution in [0.25, 0.3) is 6.08 Å². The van der Waals surface area contributed by atoms with Crippen LogP contribution in [0.2, 0.25) is 5.02 Å². The van der Waals surface area contributed by atoms with E-state index in [9.17, 15) is 10.1 Å². The van der Waals surface area contributed by atoms with Crippen LogP contribution in [0, 0.1) is 11.3 Å². The van der Waals surface area contributed by atoms with E-state index in [1.54, 1.807) is 42.5 Å². The van der Waals surface area contributed by atoms with Crippen molar-refractivity contribution in [1.82, 2.24) is 0 Å². The van der Waals surface area contributed by atoms with Gasteiger partial charge in [-0.2, -0.15) is 5.26 Å². The number of rotatable bonds is 8. The molecule has 3 aromatic rings. The van der Waals surface area contributed by atoms with Crippen molar-refractivity contribution >= 4 is 29.3 Å². The van der Waals surface area contributed by atoms with E-state index in [1.165, 1.54) is 6.08 Å². The lowest BCUT2D eigenvalue weighted by Gasteiger charge is -2.11. The van der Waals surface area contributed by atoms with Gasteiger partial charge in [-0.15, -0.1) is 0 Å². The van der Waals surface area contributed by atoms with Crippen molar-refractivity contribution in [2.75, 3.05) is 5.32 Å². The van der Waals surface area contributed by atoms with Gasteiger partial charge in [0.25, 0.3) is 5.91 Å². The summed E-state index contributed by atoms with van der Waals surface area (Å²) in [6.45, 7) is 4.27. The predicted molar refractivity (Wildman–Crippen MR) is 127 cm³/mol. The highest BCUT2D eigenvalue weighted by Gasteiger charge is 2.11. The van der Waals surface area contributed by atoms with Crippen LogP contribution < -0.4 is 14.8 Å². The number of nitriles is 1. The number of nitrogens with zero attached hydrogens (tertiary/aromatic N) is 1. The average Bonchev–Trinajstić information content (AvgIpc) is 2.79. The Bertz CT molecular complexity index is 1130. The molecule has 0 unspecified atom stereocenters. The van der Waals surface area contributed by atoms with E-state index in [4.69, 9.17) is 21.1 Å². The highest BCUT2D eigenvalue weighted by molar-refractivity contribution is 6.32. The Balaban J connectivity index is 1.63. The lowest BCUT2D eigenvalue weighted by Crippen LogP contribution is -2.13. The summed E-state index contributed by atoms with van der Waals surface area (Å²) in [7, 11) is 0. The highest BCUT2D eigenvalue weighted by Crippen LogP contribution is 2.27. The van der Waals surface area contributed by atoms with Gasteiger partial charge < -0.3 is 14.8 Å². The van der Waals surface area contributed by atoms with Gasteiger partial charge in [0, 0.05) is 5.69 Å². The average molecular weight is 447 g/mol. The van der Waals surface area contributed by atoms with Gasteiger partial charge in [-0.05, 0) is 67.4 Å². The summed E-state index contributed by atoms with van der Waals surface area (Å²) in [5.74, 6) is 0.724. The van der Waals surface area contributed by atoms with Crippen LogP contribution in [0.4, 0.5) is 5.69 Å². The molecule has 3 aromatic carbocycles. The van der Waals surface area contributed by atoms with Gasteiger partial charge >= 0.3 is 0 Å². The molecule has 0 aliphatic carbocycles. The number of halogens is 1. The van der Waals surface area contributed by atoms with Crippen molar-refractivity contribution < 1.29 is 14.3 Å². The Labute approximate surface area is 192 Å². The molecule has 0 saturated heterocycles. The molecule has 0 bridgehead atoms. The van der Waals surface area contributed by atoms with Gasteiger partial charge in [0.1, 0.15) is 29.7 Å². The number of ether oxygens (including phenoxy) is 2. The third kappa shape index (κ3) is 6.63. The van der Waals surface area contributed by atoms with E-state index >= 15 is 0 Å². The lowest BCUT2D eigenvalue weighted by molar-refractivity contribution is -0.112. The fourth-order valence-electron chi connectivity index (χ4n) is 2.85. The number of benzene rings is 3. The van der Waals surface area contributed by atoms with Gasteiger partial charge in [-0.1, -0.05) is 48.0 Å². The SMILES string of the molecule is CC(C)Oc1ccc(/C=C(\C#N)C(=O)Nc2ccc(OCc3ccccc3)cc2)cc1Cl. The maximum absolute atomic E-state index is 12.6. The fraction of sp³-hybridized carbons (Fsp3) is 0.154. The second kappa shape index (κ2) is 11.0. The minimum atomic E-state index is -0.510. The lowest BCUT2D eigenvalue weighted by atomic mass is 10.1. The molecule has 5 nitrogen and oxygen atoms in total. The van der Waals surface area contributed by atoms with E-state index < -0.39 is 5.91 Å². The number of anilines is 1. The summed E-state index contributed by atoms with van der Waals surface area (Å²) < 4.78 is 11.3. The molecule has 1 N–H and O–H groups in total. The van der Waals surface area contributed by atoms with E-state index in [2.05, 4.69) is 5.32 Å². The molecular weight excluding hydrogens is 424 g/mol. The molecule has 162 valence electrons. The van der Waals surface area contributed by atoms with Crippen molar-refractivity contribution in [1.29, 1.82) is 5.26 Å². The largest absolute Gasteiger partial charge is 0.489 e. The quantitative estimate of drug-likeness (QED) is 0.328. The number of carbonyl (C=O) groups excluding carboxylic acids is 1. The monoisotopic (exact) mass is 446 g/mol. The Morgan fingerprint density at radius 3 is 2.44 bits per heavy atom. The maximum atomic E-state index is 12.6. The molecule has 32 heavy (non-hydrogen) atoms. The van der Waals surface area contributed by atoms with Crippen molar-refractivity contribution in [2.24, 2.45) is 0 Å². The first-order valence-corrected chi connectivity index (χ1v) is 10.5. The van der Waals surface area contributed by atoms with Crippen LogP contribution >= 0.6 is 11.6 Å². The maximum Gasteiger partial charge on any atom is 0.266 e. The van der Waals surface area contributed by atoms with E-state index in [1.807, 2.05) is 50.2 Å². The minimum absolute atomic E-state index is 0.00975.